The summed E-state index contributed by atoms with van der Waals surface area (Å²) in [5.41, 5.74) is 2.68. The van der Waals surface area contributed by atoms with Crippen molar-refractivity contribution in [1.82, 2.24) is 0 Å². The highest BCUT2D eigenvalue weighted by atomic mass is 16.5. The number of ether oxygens (including phenoxy) is 4. The van der Waals surface area contributed by atoms with Crippen molar-refractivity contribution in [2.24, 2.45) is 10.8 Å². The normalized spacial score (nSPS) is 11.8. The zero-order valence-corrected chi connectivity index (χ0v) is 28.2. The molecule has 0 unspecified atom stereocenters. The molecule has 0 N–H and O–H groups in total. The second kappa shape index (κ2) is 21.0. The summed E-state index contributed by atoms with van der Waals surface area (Å²) >= 11 is 0. The second-order valence-electron chi connectivity index (χ2n) is 13.0. The Hall–Kier alpha value is -3.80. The lowest BCUT2D eigenvalue weighted by Gasteiger charge is -2.17. The van der Waals surface area contributed by atoms with E-state index >= 15 is 0 Å². The van der Waals surface area contributed by atoms with Gasteiger partial charge in [0.05, 0.1) is 27.4 Å². The maximum Gasteiger partial charge on any atom is 0.330 e. The minimum atomic E-state index is -0.292. The predicted molar refractivity (Wildman–Crippen MR) is 182 cm³/mol. The van der Waals surface area contributed by atoms with E-state index in [-0.39, 0.29) is 11.9 Å². The molecule has 2 aromatic carbocycles. The Bertz CT molecular complexity index is 1160. The molecule has 0 aliphatic rings. The lowest BCUT2D eigenvalue weighted by atomic mass is 9.90. The minimum absolute atomic E-state index is 0.290. The van der Waals surface area contributed by atoms with E-state index in [2.05, 4.69) is 41.5 Å². The summed E-state index contributed by atoms with van der Waals surface area (Å²) in [6.07, 6.45) is 16.4. The molecule has 0 spiro atoms. The van der Waals surface area contributed by atoms with E-state index in [1.807, 2.05) is 60.7 Å². The highest BCUT2D eigenvalue weighted by molar-refractivity contribution is 5.87. The molecule has 0 atom stereocenters. The average molecular weight is 607 g/mol. The molecule has 6 nitrogen and oxygen atoms in total. The van der Waals surface area contributed by atoms with Crippen LogP contribution in [0.3, 0.4) is 0 Å². The number of methoxy groups -OCH3 is 2. The van der Waals surface area contributed by atoms with E-state index in [1.165, 1.54) is 12.2 Å². The second-order valence-corrected chi connectivity index (χ2v) is 13.0. The number of benzene rings is 2. The number of esters is 2. The van der Waals surface area contributed by atoms with Gasteiger partial charge in [-0.05, 0) is 90.8 Å². The van der Waals surface area contributed by atoms with E-state index in [9.17, 15) is 9.59 Å². The Morgan fingerprint density at radius 1 is 0.568 bits per heavy atom. The van der Waals surface area contributed by atoms with Gasteiger partial charge in [-0.3, -0.25) is 0 Å². The number of allylic oxidation sites excluding steroid dienone is 2. The molecule has 0 aromatic heterocycles. The SMILES string of the molecule is COc1ccc(/C=C/C(=O)OCCCCC(C)(C)C)cc1.COc1ccc(/C=C/C=C/C(=O)OCCCCC(C)(C)C)cc1. The molecule has 0 aliphatic carbocycles. The maximum absolute atomic E-state index is 11.6. The fourth-order valence-electron chi connectivity index (χ4n) is 3.85. The first-order valence-corrected chi connectivity index (χ1v) is 15.5. The van der Waals surface area contributed by atoms with Gasteiger partial charge >= 0.3 is 11.9 Å². The lowest BCUT2D eigenvalue weighted by Crippen LogP contribution is -2.06. The van der Waals surface area contributed by atoms with Gasteiger partial charge in [0.2, 0.25) is 0 Å². The fraction of sp³-hybridized carbons (Fsp3) is 0.474. The standard InChI is InChI=1S/C20H28O3.C18H26O3/c1-20(2,3)15-7-8-16-23-19(21)10-6-5-9-17-11-13-18(22-4)14-12-17;1-18(2,3)13-5-6-14-21-17(19)12-9-15-7-10-16(20-4)11-8-15/h5-6,9-14H,7-8,15-16H2,1-4H3;7-12H,5-6,13-14H2,1-4H3/b9-5+,10-6+;12-9+. The smallest absolute Gasteiger partial charge is 0.330 e. The Morgan fingerprint density at radius 2 is 0.977 bits per heavy atom. The van der Waals surface area contributed by atoms with Gasteiger partial charge in [0.15, 0.2) is 0 Å². The summed E-state index contributed by atoms with van der Waals surface area (Å²) in [6, 6.07) is 15.2. The van der Waals surface area contributed by atoms with Gasteiger partial charge in [-0.1, -0.05) is 84.0 Å². The van der Waals surface area contributed by atoms with E-state index in [0.717, 1.165) is 61.2 Å². The van der Waals surface area contributed by atoms with Gasteiger partial charge in [0.25, 0.3) is 0 Å². The first-order valence-electron chi connectivity index (χ1n) is 15.5. The van der Waals surface area contributed by atoms with Crippen LogP contribution < -0.4 is 9.47 Å². The van der Waals surface area contributed by atoms with Crippen molar-refractivity contribution in [1.29, 1.82) is 0 Å². The molecule has 0 bridgehead atoms. The first kappa shape index (κ1) is 38.2. The molecular weight excluding hydrogens is 552 g/mol. The predicted octanol–water partition coefficient (Wildman–Crippen LogP) is 9.49. The van der Waals surface area contributed by atoms with Crippen molar-refractivity contribution in [2.45, 2.75) is 80.1 Å². The van der Waals surface area contributed by atoms with Gasteiger partial charge in [-0.25, -0.2) is 9.59 Å². The van der Waals surface area contributed by atoms with Crippen LogP contribution in [0.4, 0.5) is 0 Å². The average Bonchev–Trinajstić information content (AvgIpc) is 2.97. The summed E-state index contributed by atoms with van der Waals surface area (Å²) in [5.74, 6) is 1.04. The number of carbonyl (C=O) groups excluding carboxylic acids is 2. The van der Waals surface area contributed by atoms with Crippen molar-refractivity contribution in [3.8, 4) is 11.5 Å². The van der Waals surface area contributed by atoms with Crippen LogP contribution in [-0.2, 0) is 19.1 Å². The number of carbonyl (C=O) groups is 2. The molecule has 0 amide bonds. The van der Waals surface area contributed by atoms with Gasteiger partial charge in [0.1, 0.15) is 11.5 Å². The molecule has 6 heteroatoms. The number of unbranched alkanes of at least 4 members (excludes halogenated alkanes) is 2. The fourth-order valence-corrected chi connectivity index (χ4v) is 3.85. The van der Waals surface area contributed by atoms with Gasteiger partial charge in [0, 0.05) is 12.2 Å². The molecule has 242 valence electrons. The quantitative estimate of drug-likeness (QED) is 0.0870. The van der Waals surface area contributed by atoms with Crippen LogP contribution in [0.5, 0.6) is 11.5 Å². The van der Waals surface area contributed by atoms with Crippen molar-refractivity contribution in [2.75, 3.05) is 27.4 Å². The summed E-state index contributed by atoms with van der Waals surface area (Å²) in [7, 11) is 3.27. The topological polar surface area (TPSA) is 71.1 Å². The molecular formula is C38H54O6. The molecule has 2 aromatic rings. The summed E-state index contributed by atoms with van der Waals surface area (Å²) in [5, 5.41) is 0. The lowest BCUT2D eigenvalue weighted by molar-refractivity contribution is -0.138. The molecule has 0 radical (unpaired) electrons. The zero-order chi connectivity index (χ0) is 32.8. The third kappa shape index (κ3) is 21.0. The van der Waals surface area contributed by atoms with E-state index in [1.54, 1.807) is 26.4 Å². The molecule has 0 aliphatic heterocycles. The van der Waals surface area contributed by atoms with Crippen LogP contribution in [0.1, 0.15) is 91.2 Å². The van der Waals surface area contributed by atoms with E-state index < -0.39 is 0 Å². The van der Waals surface area contributed by atoms with E-state index in [0.29, 0.717) is 24.0 Å². The van der Waals surface area contributed by atoms with Gasteiger partial charge in [-0.2, -0.15) is 0 Å². The zero-order valence-electron chi connectivity index (χ0n) is 28.2. The monoisotopic (exact) mass is 606 g/mol. The van der Waals surface area contributed by atoms with E-state index in [4.69, 9.17) is 18.9 Å². The highest BCUT2D eigenvalue weighted by Gasteiger charge is 2.10. The number of hydrogen-bond acceptors (Lipinski definition) is 6. The largest absolute Gasteiger partial charge is 0.497 e. The van der Waals surface area contributed by atoms with Gasteiger partial charge in [-0.15, -0.1) is 0 Å². The third-order valence-corrected chi connectivity index (χ3v) is 6.41. The Kier molecular flexibility index (Phi) is 18.2. The molecule has 0 saturated carbocycles. The summed E-state index contributed by atoms with van der Waals surface area (Å²) < 4.78 is 20.5. The molecule has 0 heterocycles. The van der Waals surface area contributed by atoms with Crippen molar-refractivity contribution in [3.05, 3.63) is 84.0 Å². The molecule has 0 fully saturated rings. The Labute approximate surface area is 266 Å². The molecule has 0 saturated heterocycles. The van der Waals surface area contributed by atoms with Crippen LogP contribution in [0.15, 0.2) is 72.8 Å². The van der Waals surface area contributed by atoms with Crippen molar-refractivity contribution >= 4 is 24.1 Å². The van der Waals surface area contributed by atoms with Crippen LogP contribution in [-0.4, -0.2) is 39.4 Å². The Morgan fingerprint density at radius 3 is 1.39 bits per heavy atom. The van der Waals surface area contributed by atoms with Crippen molar-refractivity contribution < 1.29 is 28.5 Å². The van der Waals surface area contributed by atoms with Crippen molar-refractivity contribution in [3.63, 3.8) is 0 Å². The third-order valence-electron chi connectivity index (χ3n) is 6.41. The highest BCUT2D eigenvalue weighted by Crippen LogP contribution is 2.22. The number of rotatable bonds is 15. The van der Waals surface area contributed by atoms with Crippen LogP contribution >= 0.6 is 0 Å². The van der Waals surface area contributed by atoms with Gasteiger partial charge < -0.3 is 18.9 Å². The van der Waals surface area contributed by atoms with Crippen LogP contribution in [0.25, 0.3) is 12.2 Å². The molecule has 2 rings (SSSR count). The number of hydrogen-bond donors (Lipinski definition) is 0. The summed E-state index contributed by atoms with van der Waals surface area (Å²) in [6.45, 7) is 14.3. The summed E-state index contributed by atoms with van der Waals surface area (Å²) in [4.78, 5) is 23.1. The minimum Gasteiger partial charge on any atom is -0.497 e. The molecule has 44 heavy (non-hydrogen) atoms. The van der Waals surface area contributed by atoms with Crippen LogP contribution in [0, 0.1) is 10.8 Å². The Balaban J connectivity index is 0.000000442. The maximum atomic E-state index is 11.6. The first-order chi connectivity index (χ1) is 20.8. The van der Waals surface area contributed by atoms with Crippen LogP contribution in [0.2, 0.25) is 0 Å².